The lowest BCUT2D eigenvalue weighted by Crippen LogP contribution is -2.54. The van der Waals surface area contributed by atoms with Crippen LogP contribution in [0.5, 0.6) is 0 Å². The zero-order valence-electron chi connectivity index (χ0n) is 20.0. The second kappa shape index (κ2) is 8.48. The molecule has 0 aliphatic heterocycles. The number of aliphatic hydroxyl groups excluding tert-OH is 2. The molecule has 0 spiro atoms. The van der Waals surface area contributed by atoms with Gasteiger partial charge in [-0.05, 0) is 91.8 Å². The van der Waals surface area contributed by atoms with Crippen LogP contribution in [0.4, 0.5) is 0 Å². The van der Waals surface area contributed by atoms with E-state index in [4.69, 9.17) is 5.11 Å². The van der Waals surface area contributed by atoms with E-state index in [1.165, 1.54) is 31.3 Å². The fraction of sp³-hybridized carbons (Fsp3) is 0.889. The fourth-order valence-corrected chi connectivity index (χ4v) is 8.68. The lowest BCUT2D eigenvalue weighted by Gasteiger charge is -2.59. The van der Waals surface area contributed by atoms with Gasteiger partial charge in [0, 0.05) is 0 Å². The maximum atomic E-state index is 11.3. The van der Waals surface area contributed by atoms with Crippen LogP contribution in [0, 0.1) is 46.3 Å². The van der Waals surface area contributed by atoms with Gasteiger partial charge in [-0.25, -0.2) is 0 Å². The van der Waals surface area contributed by atoms with Crippen molar-refractivity contribution >= 4 is 5.97 Å². The molecule has 3 N–H and O–H groups in total. The minimum atomic E-state index is -0.679. The van der Waals surface area contributed by atoms with Crippen LogP contribution in [0.25, 0.3) is 0 Å². The number of hydrogen-bond donors (Lipinski definition) is 3. The third-order valence-electron chi connectivity index (χ3n) is 10.6. The summed E-state index contributed by atoms with van der Waals surface area (Å²) in [7, 11) is 0. The molecule has 0 aromatic rings. The first-order valence-corrected chi connectivity index (χ1v) is 12.9. The highest BCUT2D eigenvalue weighted by Gasteiger charge is 2.61. The summed E-state index contributed by atoms with van der Waals surface area (Å²) in [6.07, 6.45) is 12.0. The molecule has 0 heterocycles. The number of rotatable bonds is 6. The molecule has 0 aromatic heterocycles. The van der Waals surface area contributed by atoms with E-state index in [2.05, 4.69) is 26.8 Å². The first-order chi connectivity index (χ1) is 14.6. The molecule has 0 amide bonds. The summed E-state index contributed by atoms with van der Waals surface area (Å²) in [5.74, 6) is 1.83. The minimum Gasteiger partial charge on any atom is -0.481 e. The number of carboxylic acids is 1. The van der Waals surface area contributed by atoms with Gasteiger partial charge >= 0.3 is 5.97 Å². The Morgan fingerprint density at radius 3 is 2.52 bits per heavy atom. The largest absolute Gasteiger partial charge is 0.481 e. The molecule has 4 aliphatic rings. The normalized spacial score (nSPS) is 46.3. The molecule has 4 heteroatoms. The summed E-state index contributed by atoms with van der Waals surface area (Å²) in [5, 5.41) is 30.6. The number of carboxylic acid groups (broad SMARTS) is 1. The molecule has 0 saturated heterocycles. The number of hydrogen-bond acceptors (Lipinski definition) is 3. The van der Waals surface area contributed by atoms with Crippen molar-refractivity contribution in [1.29, 1.82) is 0 Å². The van der Waals surface area contributed by atoms with Gasteiger partial charge in [-0.3, -0.25) is 4.79 Å². The van der Waals surface area contributed by atoms with Gasteiger partial charge in [0.2, 0.25) is 0 Å². The predicted octanol–water partition coefficient (Wildman–Crippen LogP) is 5.42. The lowest BCUT2D eigenvalue weighted by molar-refractivity contribution is -0.141. The standard InChI is InChI=1S/C27H44O4/c1-16(6-5-7-17(2)25(30)31)20-8-9-21-24-22(11-13-27(20,21)4)26(3)12-10-19(28)14-18(26)15-23(24)29/h15-17,19-24,28-29H,5-14H2,1-4H3,(H,30,31)/t16-,17?,19+,20-,21+,22+,23+,24+,26+,27-/m1/s1. The molecule has 10 atom stereocenters. The SMILES string of the molecule is CC(CCC[C@@H](C)[C@H]1CC[C@H]2[C@@H]3[C@@H](O)C=C4C[C@@H](O)CC[C@]4(C)[C@H]3CC[C@]12C)C(=O)O. The van der Waals surface area contributed by atoms with Gasteiger partial charge in [0.1, 0.15) is 0 Å². The van der Waals surface area contributed by atoms with Crippen LogP contribution in [0.3, 0.4) is 0 Å². The van der Waals surface area contributed by atoms with Crippen molar-refractivity contribution in [3.63, 3.8) is 0 Å². The molecule has 31 heavy (non-hydrogen) atoms. The molecule has 0 aromatic carbocycles. The van der Waals surface area contributed by atoms with Crippen molar-refractivity contribution in [2.24, 2.45) is 46.3 Å². The van der Waals surface area contributed by atoms with Crippen molar-refractivity contribution in [2.45, 2.75) is 104 Å². The minimum absolute atomic E-state index is 0.154. The molecule has 0 radical (unpaired) electrons. The Kier molecular flexibility index (Phi) is 6.37. The summed E-state index contributed by atoms with van der Waals surface area (Å²) in [5.41, 5.74) is 1.76. The zero-order chi connectivity index (χ0) is 22.6. The first kappa shape index (κ1) is 23.3. The average Bonchev–Trinajstić information content (AvgIpc) is 3.06. The van der Waals surface area contributed by atoms with Crippen molar-refractivity contribution in [1.82, 2.24) is 0 Å². The topological polar surface area (TPSA) is 77.8 Å². The van der Waals surface area contributed by atoms with Gasteiger partial charge in [-0.1, -0.05) is 52.2 Å². The third-order valence-corrected chi connectivity index (χ3v) is 10.6. The molecule has 176 valence electrons. The van der Waals surface area contributed by atoms with Crippen LogP contribution in [0.2, 0.25) is 0 Å². The van der Waals surface area contributed by atoms with E-state index in [1.807, 2.05) is 6.92 Å². The second-order valence-corrected chi connectivity index (χ2v) is 12.2. The fourth-order valence-electron chi connectivity index (χ4n) is 8.68. The van der Waals surface area contributed by atoms with E-state index >= 15 is 0 Å². The van der Waals surface area contributed by atoms with E-state index in [0.717, 1.165) is 38.5 Å². The quantitative estimate of drug-likeness (QED) is 0.490. The first-order valence-electron chi connectivity index (χ1n) is 12.9. The molecule has 4 nitrogen and oxygen atoms in total. The van der Waals surface area contributed by atoms with Crippen LogP contribution in [-0.2, 0) is 4.79 Å². The van der Waals surface area contributed by atoms with Gasteiger partial charge in [0.15, 0.2) is 0 Å². The van der Waals surface area contributed by atoms with Gasteiger partial charge in [0.25, 0.3) is 0 Å². The van der Waals surface area contributed by atoms with E-state index < -0.39 is 5.97 Å². The van der Waals surface area contributed by atoms with Crippen molar-refractivity contribution in [2.75, 3.05) is 0 Å². The van der Waals surface area contributed by atoms with E-state index in [9.17, 15) is 15.0 Å². The second-order valence-electron chi connectivity index (χ2n) is 12.2. The monoisotopic (exact) mass is 432 g/mol. The van der Waals surface area contributed by atoms with Gasteiger partial charge < -0.3 is 15.3 Å². The molecular weight excluding hydrogens is 388 g/mol. The summed E-state index contributed by atoms with van der Waals surface area (Å²) < 4.78 is 0. The maximum absolute atomic E-state index is 11.3. The smallest absolute Gasteiger partial charge is 0.306 e. The zero-order valence-corrected chi connectivity index (χ0v) is 20.0. The highest BCUT2D eigenvalue weighted by Crippen LogP contribution is 2.67. The lowest BCUT2D eigenvalue weighted by atomic mass is 9.46. The molecule has 3 saturated carbocycles. The van der Waals surface area contributed by atoms with Crippen LogP contribution >= 0.6 is 0 Å². The van der Waals surface area contributed by atoms with E-state index in [-0.39, 0.29) is 29.0 Å². The Morgan fingerprint density at radius 2 is 1.81 bits per heavy atom. The highest BCUT2D eigenvalue weighted by molar-refractivity contribution is 5.69. The Bertz CT molecular complexity index is 716. The van der Waals surface area contributed by atoms with Gasteiger partial charge in [-0.15, -0.1) is 0 Å². The van der Waals surface area contributed by atoms with Crippen molar-refractivity contribution in [3.8, 4) is 0 Å². The summed E-state index contributed by atoms with van der Waals surface area (Å²) >= 11 is 0. The molecular formula is C27H44O4. The Balaban J connectivity index is 1.48. The number of aliphatic carboxylic acids is 1. The molecule has 4 aliphatic carbocycles. The summed E-state index contributed by atoms with van der Waals surface area (Å²) in [6.45, 7) is 9.11. The molecule has 4 rings (SSSR count). The van der Waals surface area contributed by atoms with E-state index in [1.54, 1.807) is 0 Å². The number of fused-ring (bicyclic) bond motifs is 5. The third kappa shape index (κ3) is 3.90. The molecule has 0 bridgehead atoms. The summed E-state index contributed by atoms with van der Waals surface area (Å²) in [6, 6.07) is 0. The van der Waals surface area contributed by atoms with Crippen LogP contribution in [0.15, 0.2) is 11.6 Å². The molecule has 3 fully saturated rings. The van der Waals surface area contributed by atoms with E-state index in [0.29, 0.717) is 29.6 Å². The maximum Gasteiger partial charge on any atom is 0.306 e. The van der Waals surface area contributed by atoms with Crippen molar-refractivity contribution in [3.05, 3.63) is 11.6 Å². The predicted molar refractivity (Wildman–Crippen MR) is 122 cm³/mol. The average molecular weight is 433 g/mol. The molecule has 1 unspecified atom stereocenters. The Labute approximate surface area is 188 Å². The van der Waals surface area contributed by atoms with Crippen LogP contribution < -0.4 is 0 Å². The van der Waals surface area contributed by atoms with Gasteiger partial charge in [-0.2, -0.15) is 0 Å². The highest BCUT2D eigenvalue weighted by atomic mass is 16.4. The van der Waals surface area contributed by atoms with Crippen LogP contribution in [0.1, 0.15) is 91.9 Å². The Morgan fingerprint density at radius 1 is 1.06 bits per heavy atom. The van der Waals surface area contributed by atoms with Crippen molar-refractivity contribution < 1.29 is 20.1 Å². The summed E-state index contributed by atoms with van der Waals surface area (Å²) in [4.78, 5) is 11.1. The number of carbonyl (C=O) groups is 1. The van der Waals surface area contributed by atoms with Crippen LogP contribution in [-0.4, -0.2) is 33.5 Å². The Hall–Kier alpha value is -0.870. The van der Waals surface area contributed by atoms with Gasteiger partial charge in [0.05, 0.1) is 18.1 Å². The number of aliphatic hydroxyl groups is 2.